The number of urea groups is 1. The summed E-state index contributed by atoms with van der Waals surface area (Å²) in [5.41, 5.74) is 2.03. The molecule has 0 spiro atoms. The summed E-state index contributed by atoms with van der Waals surface area (Å²) in [7, 11) is 0. The van der Waals surface area contributed by atoms with Gasteiger partial charge in [0.25, 0.3) is 5.91 Å². The van der Waals surface area contributed by atoms with E-state index < -0.39 is 23.4 Å². The summed E-state index contributed by atoms with van der Waals surface area (Å²) in [6.45, 7) is 0.117. The van der Waals surface area contributed by atoms with Gasteiger partial charge in [0.2, 0.25) is 0 Å². The Morgan fingerprint density at radius 2 is 1.40 bits per heavy atom. The molecule has 8 nitrogen and oxygen atoms in total. The first-order valence-electron chi connectivity index (χ1n) is 10.9. The van der Waals surface area contributed by atoms with Gasteiger partial charge in [-0.15, -0.1) is 0 Å². The van der Waals surface area contributed by atoms with E-state index in [1.165, 1.54) is 6.07 Å². The van der Waals surface area contributed by atoms with Gasteiger partial charge in [-0.05, 0) is 35.4 Å². The molecule has 2 heterocycles. The Bertz CT molecular complexity index is 1310. The summed E-state index contributed by atoms with van der Waals surface area (Å²) < 4.78 is 11.2. The average Bonchev–Trinajstić information content (AvgIpc) is 3.48. The monoisotopic (exact) mass is 467 g/mol. The molecule has 174 valence electrons. The third-order valence-corrected chi connectivity index (χ3v) is 5.66. The highest BCUT2D eigenvalue weighted by Crippen LogP contribution is 2.35. The van der Waals surface area contributed by atoms with Crippen LogP contribution in [0, 0.1) is 0 Å². The van der Waals surface area contributed by atoms with Crippen LogP contribution in [0.4, 0.5) is 4.79 Å². The van der Waals surface area contributed by atoms with E-state index >= 15 is 0 Å². The Labute approximate surface area is 201 Å². The van der Waals surface area contributed by atoms with Crippen molar-refractivity contribution in [3.63, 3.8) is 0 Å². The van der Waals surface area contributed by atoms with E-state index in [1.54, 1.807) is 66.7 Å². The fraction of sp³-hybridized carbons (Fsp3) is 0.0741. The molecule has 35 heavy (non-hydrogen) atoms. The molecule has 1 saturated heterocycles. The molecule has 0 unspecified atom stereocenters. The number of amides is 4. The van der Waals surface area contributed by atoms with Gasteiger partial charge in [0.05, 0.1) is 0 Å². The van der Waals surface area contributed by atoms with Gasteiger partial charge >= 0.3 is 11.9 Å². The zero-order valence-electron chi connectivity index (χ0n) is 18.5. The molecular weight excluding hydrogens is 446 g/mol. The highest BCUT2D eigenvalue weighted by molar-refractivity contribution is 6.11. The van der Waals surface area contributed by atoms with Crippen LogP contribution < -0.4 is 15.5 Å². The topological polar surface area (TPSA) is 101 Å². The third-order valence-electron chi connectivity index (χ3n) is 5.66. The number of hydrogen-bond donors (Lipinski definition) is 2. The number of nitrogens with one attached hydrogen (secondary N) is 2. The number of ether oxygens (including phenoxy) is 1. The number of carbonyl (C=O) groups is 3. The molecule has 1 aromatic heterocycles. The van der Waals surface area contributed by atoms with Crippen LogP contribution in [-0.2, 0) is 16.9 Å². The van der Waals surface area contributed by atoms with Crippen molar-refractivity contribution < 1.29 is 23.5 Å². The van der Waals surface area contributed by atoms with Crippen molar-refractivity contribution in [3.8, 4) is 5.75 Å². The van der Waals surface area contributed by atoms with E-state index in [1.807, 2.05) is 30.3 Å². The molecule has 1 aliphatic rings. The normalized spacial score (nSPS) is 14.5. The molecule has 0 aliphatic carbocycles. The Morgan fingerprint density at radius 3 is 2.00 bits per heavy atom. The number of benzene rings is 3. The molecule has 3 aromatic carbocycles. The Kier molecular flexibility index (Phi) is 5.76. The fourth-order valence-electron chi connectivity index (χ4n) is 3.97. The molecule has 4 amide bonds. The second kappa shape index (κ2) is 9.18. The summed E-state index contributed by atoms with van der Waals surface area (Å²) >= 11 is 0. The predicted octanol–water partition coefficient (Wildman–Crippen LogP) is 4.00. The standard InChI is InChI=1S/C27H21N3O5/c31-24(23-17-16-22(35-23)18-34-21-14-8-3-9-15-21)29-30-25(32)27(28-26(30)33,19-10-4-1-5-11-19)20-12-6-2-7-13-20/h1-17H,18H2,(H,28,33)(H,29,31). The molecule has 0 atom stereocenters. The lowest BCUT2D eigenvalue weighted by Crippen LogP contribution is -2.49. The summed E-state index contributed by atoms with van der Waals surface area (Å²) in [4.78, 5) is 39.4. The van der Waals surface area contributed by atoms with Crippen LogP contribution in [0.2, 0.25) is 0 Å². The molecule has 1 fully saturated rings. The number of nitrogens with zero attached hydrogens (tertiary/aromatic N) is 1. The summed E-state index contributed by atoms with van der Waals surface area (Å²) in [6, 6.07) is 29.2. The van der Waals surface area contributed by atoms with Gasteiger partial charge in [0, 0.05) is 0 Å². The van der Waals surface area contributed by atoms with Crippen molar-refractivity contribution in [2.24, 2.45) is 0 Å². The largest absolute Gasteiger partial charge is 0.486 e. The van der Waals surface area contributed by atoms with Crippen LogP contribution >= 0.6 is 0 Å². The van der Waals surface area contributed by atoms with Crippen LogP contribution in [0.3, 0.4) is 0 Å². The molecule has 2 N–H and O–H groups in total. The van der Waals surface area contributed by atoms with E-state index in [-0.39, 0.29) is 12.4 Å². The number of rotatable bonds is 7. The van der Waals surface area contributed by atoms with Crippen molar-refractivity contribution >= 4 is 17.8 Å². The van der Waals surface area contributed by atoms with Gasteiger partial charge in [-0.1, -0.05) is 78.9 Å². The Morgan fingerprint density at radius 1 is 0.829 bits per heavy atom. The first-order chi connectivity index (χ1) is 17.1. The van der Waals surface area contributed by atoms with Gasteiger partial charge < -0.3 is 14.5 Å². The van der Waals surface area contributed by atoms with Crippen LogP contribution in [-0.4, -0.2) is 22.9 Å². The van der Waals surface area contributed by atoms with Crippen LogP contribution in [0.1, 0.15) is 27.4 Å². The first-order valence-corrected chi connectivity index (χ1v) is 10.9. The van der Waals surface area contributed by atoms with Gasteiger partial charge in [0.15, 0.2) is 11.3 Å². The highest BCUT2D eigenvalue weighted by atomic mass is 16.5. The van der Waals surface area contributed by atoms with E-state index in [0.717, 1.165) is 0 Å². The molecular formula is C27H21N3O5. The van der Waals surface area contributed by atoms with Crippen molar-refractivity contribution in [2.75, 3.05) is 0 Å². The van der Waals surface area contributed by atoms with Crippen molar-refractivity contribution in [2.45, 2.75) is 12.1 Å². The lowest BCUT2D eigenvalue weighted by molar-refractivity contribution is -0.131. The first kappa shape index (κ1) is 22.0. The van der Waals surface area contributed by atoms with Crippen LogP contribution in [0.15, 0.2) is 108 Å². The van der Waals surface area contributed by atoms with Crippen molar-refractivity contribution in [3.05, 3.63) is 126 Å². The molecule has 5 rings (SSSR count). The van der Waals surface area contributed by atoms with Crippen molar-refractivity contribution in [1.29, 1.82) is 0 Å². The number of imide groups is 1. The van der Waals surface area contributed by atoms with Gasteiger partial charge in [0.1, 0.15) is 18.1 Å². The molecule has 0 radical (unpaired) electrons. The van der Waals surface area contributed by atoms with Gasteiger partial charge in [-0.3, -0.25) is 9.59 Å². The summed E-state index contributed by atoms with van der Waals surface area (Å²) in [5.74, 6) is -0.357. The summed E-state index contributed by atoms with van der Waals surface area (Å²) in [6.07, 6.45) is 0. The minimum absolute atomic E-state index is 0.0609. The van der Waals surface area contributed by atoms with Crippen LogP contribution in [0.5, 0.6) is 5.75 Å². The van der Waals surface area contributed by atoms with Crippen molar-refractivity contribution in [1.82, 2.24) is 15.8 Å². The quantitative estimate of drug-likeness (QED) is 0.400. The zero-order chi connectivity index (χ0) is 24.3. The van der Waals surface area contributed by atoms with E-state index in [9.17, 15) is 14.4 Å². The molecule has 4 aromatic rings. The Balaban J connectivity index is 1.36. The minimum Gasteiger partial charge on any atom is -0.486 e. The van der Waals surface area contributed by atoms with Gasteiger partial charge in [-0.2, -0.15) is 5.01 Å². The molecule has 1 aliphatic heterocycles. The van der Waals surface area contributed by atoms with Gasteiger partial charge in [-0.25, -0.2) is 10.2 Å². The number of hydrogen-bond acceptors (Lipinski definition) is 5. The average molecular weight is 467 g/mol. The van der Waals surface area contributed by atoms with E-state index in [4.69, 9.17) is 9.15 Å². The van der Waals surface area contributed by atoms with E-state index in [0.29, 0.717) is 27.6 Å². The highest BCUT2D eigenvalue weighted by Gasteiger charge is 2.54. The second-order valence-electron chi connectivity index (χ2n) is 7.86. The minimum atomic E-state index is -1.48. The maximum absolute atomic E-state index is 13.6. The number of furan rings is 1. The lowest BCUT2D eigenvalue weighted by atomic mass is 9.83. The Hall–Kier alpha value is -4.85. The van der Waals surface area contributed by atoms with E-state index in [2.05, 4.69) is 10.7 Å². The fourth-order valence-corrected chi connectivity index (χ4v) is 3.97. The molecule has 0 bridgehead atoms. The predicted molar refractivity (Wildman–Crippen MR) is 126 cm³/mol. The van der Waals surface area contributed by atoms with Crippen LogP contribution in [0.25, 0.3) is 0 Å². The third kappa shape index (κ3) is 4.13. The second-order valence-corrected chi connectivity index (χ2v) is 7.86. The zero-order valence-corrected chi connectivity index (χ0v) is 18.5. The molecule has 8 heteroatoms. The smallest absolute Gasteiger partial charge is 0.344 e. The number of para-hydroxylation sites is 1. The molecule has 0 saturated carbocycles. The number of carbonyl (C=O) groups excluding carboxylic acids is 3. The lowest BCUT2D eigenvalue weighted by Gasteiger charge is -2.27. The maximum Gasteiger partial charge on any atom is 0.344 e. The SMILES string of the molecule is O=C(NN1C(=O)NC(c2ccccc2)(c2ccccc2)C1=O)c1ccc(COc2ccccc2)o1. The summed E-state index contributed by atoms with van der Waals surface area (Å²) in [5, 5.41) is 3.46. The maximum atomic E-state index is 13.6. The number of hydrazine groups is 1.